The van der Waals surface area contributed by atoms with Gasteiger partial charge < -0.3 is 14.6 Å². The van der Waals surface area contributed by atoms with E-state index >= 15 is 0 Å². The largest absolute Gasteiger partial charge is 0.497 e. The molecule has 0 fully saturated rings. The maximum Gasteiger partial charge on any atom is 0.339 e. The number of ether oxygens (including phenoxy) is 2. The molecule has 2 rings (SSSR count). The van der Waals surface area contributed by atoms with Crippen LogP contribution < -0.4 is 9.47 Å². The minimum atomic E-state index is -1.16. The number of hydrogen-bond donors (Lipinski definition) is 1. The normalized spacial score (nSPS) is 10.0. The van der Waals surface area contributed by atoms with Crippen LogP contribution >= 0.6 is 0 Å². The second-order valence-corrected chi connectivity index (χ2v) is 3.70. The number of aromatic carboxylic acids is 1. The quantitative estimate of drug-likeness (QED) is 0.918. The van der Waals surface area contributed by atoms with E-state index in [2.05, 4.69) is 0 Å². The molecule has 0 aromatic heterocycles. The number of carbonyl (C=O) groups is 1. The van der Waals surface area contributed by atoms with Crippen molar-refractivity contribution in [1.82, 2.24) is 0 Å². The summed E-state index contributed by atoms with van der Waals surface area (Å²) in [6, 6.07) is 10.0. The lowest BCUT2D eigenvalue weighted by Gasteiger charge is -2.10. The molecule has 0 aliphatic rings. The van der Waals surface area contributed by atoms with Crippen LogP contribution in [0.25, 0.3) is 0 Å². The van der Waals surface area contributed by atoms with E-state index in [4.69, 9.17) is 14.6 Å². The van der Waals surface area contributed by atoms with E-state index < -0.39 is 11.8 Å². The lowest BCUT2D eigenvalue weighted by Crippen LogP contribution is -2.01. The van der Waals surface area contributed by atoms with Crippen LogP contribution in [0.1, 0.15) is 10.4 Å². The van der Waals surface area contributed by atoms with E-state index in [1.165, 1.54) is 43.5 Å². The van der Waals surface area contributed by atoms with Gasteiger partial charge in [0.05, 0.1) is 7.11 Å². The minimum Gasteiger partial charge on any atom is -0.497 e. The van der Waals surface area contributed by atoms with Crippen molar-refractivity contribution in [1.29, 1.82) is 0 Å². The first-order chi connectivity index (χ1) is 9.11. The molecule has 0 aliphatic carbocycles. The van der Waals surface area contributed by atoms with Crippen molar-refractivity contribution in [2.24, 2.45) is 0 Å². The molecule has 0 spiro atoms. The average Bonchev–Trinajstić information content (AvgIpc) is 2.41. The average molecular weight is 262 g/mol. The molecule has 0 radical (unpaired) electrons. The molecule has 1 N–H and O–H groups in total. The molecule has 0 saturated heterocycles. The smallest absolute Gasteiger partial charge is 0.339 e. The highest BCUT2D eigenvalue weighted by Gasteiger charge is 2.14. The number of carboxylic acid groups (broad SMARTS) is 1. The summed E-state index contributed by atoms with van der Waals surface area (Å²) in [7, 11) is 1.45. The highest BCUT2D eigenvalue weighted by molar-refractivity contribution is 5.91. The second kappa shape index (κ2) is 5.39. The van der Waals surface area contributed by atoms with Crippen LogP contribution in [0.3, 0.4) is 0 Å². The van der Waals surface area contributed by atoms with Crippen LogP contribution in [0.5, 0.6) is 17.2 Å². The van der Waals surface area contributed by atoms with Crippen LogP contribution in [0.4, 0.5) is 4.39 Å². The molecule has 0 aliphatic heterocycles. The number of hydrogen-bond acceptors (Lipinski definition) is 3. The molecule has 0 heterocycles. The zero-order chi connectivity index (χ0) is 13.8. The first kappa shape index (κ1) is 12.9. The van der Waals surface area contributed by atoms with Gasteiger partial charge in [0.2, 0.25) is 0 Å². The van der Waals surface area contributed by atoms with Gasteiger partial charge in [0.15, 0.2) is 11.6 Å². The van der Waals surface area contributed by atoms with E-state index in [0.29, 0.717) is 5.75 Å². The monoisotopic (exact) mass is 262 g/mol. The Bertz CT molecular complexity index is 610. The summed E-state index contributed by atoms with van der Waals surface area (Å²) in [6.07, 6.45) is 0. The Morgan fingerprint density at radius 3 is 2.53 bits per heavy atom. The third-order valence-corrected chi connectivity index (χ3v) is 2.48. The molecule has 0 bridgehead atoms. The SMILES string of the molecule is COc1ccc(C(=O)O)c(Oc2ccccc2F)c1. The molecule has 98 valence electrons. The van der Waals surface area contributed by atoms with Crippen molar-refractivity contribution in [3.63, 3.8) is 0 Å². The summed E-state index contributed by atoms with van der Waals surface area (Å²) in [6.45, 7) is 0. The molecule has 0 amide bonds. The Balaban J connectivity index is 2.43. The van der Waals surface area contributed by atoms with Gasteiger partial charge in [-0.05, 0) is 24.3 Å². The van der Waals surface area contributed by atoms with Crippen molar-refractivity contribution >= 4 is 5.97 Å². The van der Waals surface area contributed by atoms with Crippen LogP contribution in [0, 0.1) is 5.82 Å². The van der Waals surface area contributed by atoms with Gasteiger partial charge in [-0.1, -0.05) is 12.1 Å². The summed E-state index contributed by atoms with van der Waals surface area (Å²) in [4.78, 5) is 11.1. The van der Waals surface area contributed by atoms with Gasteiger partial charge in [-0.15, -0.1) is 0 Å². The third-order valence-electron chi connectivity index (χ3n) is 2.48. The highest BCUT2D eigenvalue weighted by atomic mass is 19.1. The standard InChI is InChI=1S/C14H11FO4/c1-18-9-6-7-10(14(16)17)13(8-9)19-12-5-3-2-4-11(12)15/h2-8H,1H3,(H,16,17). The molecule has 0 atom stereocenters. The minimum absolute atomic E-state index is 0.0250. The van der Waals surface area contributed by atoms with Gasteiger partial charge in [0.25, 0.3) is 0 Å². The summed E-state index contributed by atoms with van der Waals surface area (Å²) in [5.41, 5.74) is -0.0657. The molecule has 5 heteroatoms. The lowest BCUT2D eigenvalue weighted by atomic mass is 10.2. The van der Waals surface area contributed by atoms with E-state index in [1.807, 2.05) is 0 Å². The molecule has 0 saturated carbocycles. The van der Waals surface area contributed by atoms with Crippen molar-refractivity contribution < 1.29 is 23.8 Å². The molecule has 19 heavy (non-hydrogen) atoms. The zero-order valence-electron chi connectivity index (χ0n) is 10.1. The number of methoxy groups -OCH3 is 1. The zero-order valence-corrected chi connectivity index (χ0v) is 10.1. The highest BCUT2D eigenvalue weighted by Crippen LogP contribution is 2.30. The Morgan fingerprint density at radius 2 is 1.89 bits per heavy atom. The van der Waals surface area contributed by atoms with Crippen molar-refractivity contribution in [2.75, 3.05) is 7.11 Å². The fourth-order valence-corrected chi connectivity index (χ4v) is 1.54. The van der Waals surface area contributed by atoms with E-state index in [9.17, 15) is 9.18 Å². The van der Waals surface area contributed by atoms with E-state index in [1.54, 1.807) is 6.07 Å². The number of halogens is 1. The maximum absolute atomic E-state index is 13.5. The molecular weight excluding hydrogens is 251 g/mol. The predicted octanol–water partition coefficient (Wildman–Crippen LogP) is 3.32. The van der Waals surface area contributed by atoms with Gasteiger partial charge in [-0.3, -0.25) is 0 Å². The first-order valence-electron chi connectivity index (χ1n) is 5.45. The summed E-state index contributed by atoms with van der Waals surface area (Å²) < 4.78 is 23.8. The van der Waals surface area contributed by atoms with Crippen LogP contribution in [0.15, 0.2) is 42.5 Å². The third kappa shape index (κ3) is 2.82. The van der Waals surface area contributed by atoms with E-state index in [-0.39, 0.29) is 17.1 Å². The molecular formula is C14H11FO4. The number of benzene rings is 2. The van der Waals surface area contributed by atoms with Gasteiger partial charge in [0.1, 0.15) is 17.1 Å². The topological polar surface area (TPSA) is 55.8 Å². The molecule has 0 unspecified atom stereocenters. The summed E-state index contributed by atoms with van der Waals surface area (Å²) >= 11 is 0. The van der Waals surface area contributed by atoms with Crippen molar-refractivity contribution in [3.8, 4) is 17.2 Å². The van der Waals surface area contributed by atoms with Gasteiger partial charge in [-0.25, -0.2) is 9.18 Å². The fourth-order valence-electron chi connectivity index (χ4n) is 1.54. The maximum atomic E-state index is 13.5. The second-order valence-electron chi connectivity index (χ2n) is 3.70. The van der Waals surface area contributed by atoms with Crippen LogP contribution in [0.2, 0.25) is 0 Å². The Labute approximate surface area is 109 Å². The van der Waals surface area contributed by atoms with Crippen LogP contribution in [-0.4, -0.2) is 18.2 Å². The first-order valence-corrected chi connectivity index (χ1v) is 5.45. The number of carboxylic acids is 1. The molecule has 2 aromatic carbocycles. The Kier molecular flexibility index (Phi) is 3.66. The van der Waals surface area contributed by atoms with Gasteiger partial charge in [0, 0.05) is 6.07 Å². The Hall–Kier alpha value is -2.56. The molecule has 2 aromatic rings. The lowest BCUT2D eigenvalue weighted by molar-refractivity contribution is 0.0694. The Morgan fingerprint density at radius 1 is 1.16 bits per heavy atom. The summed E-state index contributed by atoms with van der Waals surface area (Å²) in [5.74, 6) is -1.32. The van der Waals surface area contributed by atoms with Gasteiger partial charge >= 0.3 is 5.97 Å². The number of para-hydroxylation sites is 1. The van der Waals surface area contributed by atoms with Crippen molar-refractivity contribution in [3.05, 3.63) is 53.8 Å². The predicted molar refractivity (Wildman–Crippen MR) is 66.4 cm³/mol. The summed E-state index contributed by atoms with van der Waals surface area (Å²) in [5, 5.41) is 9.06. The van der Waals surface area contributed by atoms with Gasteiger partial charge in [-0.2, -0.15) is 0 Å². The molecule has 4 nitrogen and oxygen atoms in total. The number of rotatable bonds is 4. The fraction of sp³-hybridized carbons (Fsp3) is 0.0714. The van der Waals surface area contributed by atoms with E-state index in [0.717, 1.165) is 0 Å². The van der Waals surface area contributed by atoms with Crippen LogP contribution in [-0.2, 0) is 0 Å². The van der Waals surface area contributed by atoms with Crippen molar-refractivity contribution in [2.45, 2.75) is 0 Å².